The minimum absolute atomic E-state index is 0.108. The van der Waals surface area contributed by atoms with E-state index in [4.69, 9.17) is 35.2 Å². The quantitative estimate of drug-likeness (QED) is 0.536. The number of nitrogens with zero attached hydrogens (tertiary/aromatic N) is 2. The maximum atomic E-state index is 5.88. The fourth-order valence-electron chi connectivity index (χ4n) is 3.90. The fraction of sp³-hybridized carbons (Fsp3) is 0.385. The van der Waals surface area contributed by atoms with Crippen molar-refractivity contribution < 1.29 is 23.7 Å². The Morgan fingerprint density at radius 3 is 2.09 bits per heavy atom. The first-order chi connectivity index (χ1) is 16.8. The van der Waals surface area contributed by atoms with Crippen LogP contribution in [0.25, 0.3) is 0 Å². The monoisotopic (exact) mass is 480 g/mol. The third-order valence-electron chi connectivity index (χ3n) is 5.52. The van der Waals surface area contributed by atoms with Crippen molar-refractivity contribution in [1.82, 2.24) is 9.97 Å². The summed E-state index contributed by atoms with van der Waals surface area (Å²) in [4.78, 5) is 7.80. The number of nitrogen functional groups attached to an aromatic ring is 2. The zero-order valence-corrected chi connectivity index (χ0v) is 20.5. The molecular formula is C26H32N4O5. The van der Waals surface area contributed by atoms with E-state index in [9.17, 15) is 0 Å². The second-order valence-corrected chi connectivity index (χ2v) is 8.76. The zero-order valence-electron chi connectivity index (χ0n) is 20.5. The summed E-state index contributed by atoms with van der Waals surface area (Å²) in [7, 11) is 0. The van der Waals surface area contributed by atoms with E-state index in [0.717, 1.165) is 22.8 Å². The molecule has 0 fully saturated rings. The van der Waals surface area contributed by atoms with Crippen molar-refractivity contribution in [3.05, 3.63) is 47.7 Å². The maximum Gasteiger partial charge on any atom is 0.222 e. The Bertz CT molecular complexity index is 1180. The smallest absolute Gasteiger partial charge is 0.222 e. The van der Waals surface area contributed by atoms with Gasteiger partial charge in [0.25, 0.3) is 0 Å². The van der Waals surface area contributed by atoms with Crippen LogP contribution < -0.4 is 35.2 Å². The van der Waals surface area contributed by atoms with Crippen molar-refractivity contribution in [2.45, 2.75) is 39.5 Å². The number of hydrogen-bond acceptors (Lipinski definition) is 9. The first-order valence-corrected chi connectivity index (χ1v) is 11.7. The summed E-state index contributed by atoms with van der Waals surface area (Å²) in [5.74, 6) is 5.22. The lowest BCUT2D eigenvalue weighted by atomic mass is 10.00. The highest BCUT2D eigenvalue weighted by Crippen LogP contribution is 2.45. The van der Waals surface area contributed by atoms with Crippen molar-refractivity contribution in [3.8, 4) is 34.5 Å². The Balaban J connectivity index is 0.000000189. The van der Waals surface area contributed by atoms with Gasteiger partial charge in [-0.2, -0.15) is 4.98 Å². The van der Waals surface area contributed by atoms with Crippen LogP contribution in [0.5, 0.6) is 34.5 Å². The van der Waals surface area contributed by atoms with E-state index in [1.807, 2.05) is 24.3 Å². The van der Waals surface area contributed by atoms with Gasteiger partial charge in [-0.15, -0.1) is 0 Å². The van der Waals surface area contributed by atoms with Crippen molar-refractivity contribution >= 4 is 11.8 Å². The molecule has 5 rings (SSSR count). The van der Waals surface area contributed by atoms with Gasteiger partial charge in [0, 0.05) is 11.1 Å². The molecule has 0 radical (unpaired) electrons. The van der Waals surface area contributed by atoms with Crippen LogP contribution in [0, 0.1) is 0 Å². The first kappa shape index (κ1) is 24.3. The van der Waals surface area contributed by atoms with Gasteiger partial charge < -0.3 is 35.2 Å². The lowest BCUT2D eigenvalue weighted by molar-refractivity contribution is 0.168. The molecule has 0 bridgehead atoms. The Morgan fingerprint density at radius 1 is 0.771 bits per heavy atom. The predicted octanol–water partition coefficient (Wildman–Crippen LogP) is 4.91. The molecular weight excluding hydrogens is 448 g/mol. The van der Waals surface area contributed by atoms with Gasteiger partial charge in [0.05, 0.1) is 6.20 Å². The molecule has 2 aliphatic heterocycles. The third kappa shape index (κ3) is 5.45. The van der Waals surface area contributed by atoms with E-state index in [-0.39, 0.29) is 17.7 Å². The van der Waals surface area contributed by atoms with Crippen molar-refractivity contribution in [3.63, 3.8) is 0 Å². The molecule has 4 N–H and O–H groups in total. The first-order valence-electron chi connectivity index (χ1n) is 11.7. The molecule has 2 aromatic carbocycles. The van der Waals surface area contributed by atoms with Crippen LogP contribution in [-0.2, 0) is 0 Å². The standard InChI is InChI=1S/C15H18N4O3.C11H14O2/c1-8(2)12-9(3-4-10-13(12)21-6-5-20-10)22-11-7-18-15(17)19-14(11)16;1-8(2)9-4-3-5-10-11(9)13-7-6-12-10/h3-4,7-8H,5-6H2,1-2H3,(H4,16,17,18,19);3-5,8H,6-7H2,1-2H3. The Kier molecular flexibility index (Phi) is 7.33. The summed E-state index contributed by atoms with van der Waals surface area (Å²) in [6.45, 7) is 10.8. The molecule has 0 saturated carbocycles. The number of nitrogens with two attached hydrogens (primary N) is 2. The highest BCUT2D eigenvalue weighted by Gasteiger charge is 2.23. The molecule has 0 amide bonds. The van der Waals surface area contributed by atoms with Crippen LogP contribution in [0.3, 0.4) is 0 Å². The SMILES string of the molecule is CC(C)c1c(Oc2cnc(N)nc2N)ccc2c1OCCO2.CC(C)c1cccc2c1OCCO2. The summed E-state index contributed by atoms with van der Waals surface area (Å²) >= 11 is 0. The lowest BCUT2D eigenvalue weighted by Crippen LogP contribution is -2.17. The number of benzene rings is 2. The number of rotatable bonds is 4. The van der Waals surface area contributed by atoms with E-state index in [1.165, 1.54) is 11.8 Å². The minimum atomic E-state index is 0.108. The molecule has 0 saturated heterocycles. The molecule has 9 heteroatoms. The molecule has 35 heavy (non-hydrogen) atoms. The number of para-hydroxylation sites is 1. The van der Waals surface area contributed by atoms with Crippen LogP contribution in [0.2, 0.25) is 0 Å². The summed E-state index contributed by atoms with van der Waals surface area (Å²) in [5.41, 5.74) is 13.5. The van der Waals surface area contributed by atoms with Gasteiger partial charge in [-0.3, -0.25) is 0 Å². The van der Waals surface area contributed by atoms with E-state index >= 15 is 0 Å². The zero-order chi connectivity index (χ0) is 24.9. The van der Waals surface area contributed by atoms with Gasteiger partial charge in [0.15, 0.2) is 34.6 Å². The topological polar surface area (TPSA) is 124 Å². The average Bonchev–Trinajstić information content (AvgIpc) is 2.85. The Morgan fingerprint density at radius 2 is 1.43 bits per heavy atom. The number of ether oxygens (including phenoxy) is 5. The van der Waals surface area contributed by atoms with Gasteiger partial charge in [0.1, 0.15) is 32.2 Å². The molecule has 0 aliphatic carbocycles. The van der Waals surface area contributed by atoms with Crippen LogP contribution in [0.1, 0.15) is 50.7 Å². The van der Waals surface area contributed by atoms with Gasteiger partial charge in [-0.05, 0) is 30.0 Å². The van der Waals surface area contributed by atoms with E-state index in [2.05, 4.69) is 43.7 Å². The average molecular weight is 481 g/mol. The molecule has 0 atom stereocenters. The molecule has 0 unspecified atom stereocenters. The number of fused-ring (bicyclic) bond motifs is 2. The molecule has 1 aromatic heterocycles. The molecule has 0 spiro atoms. The second-order valence-electron chi connectivity index (χ2n) is 8.76. The largest absolute Gasteiger partial charge is 0.486 e. The molecule has 3 aromatic rings. The second kappa shape index (κ2) is 10.6. The summed E-state index contributed by atoms with van der Waals surface area (Å²) in [5, 5.41) is 0. The van der Waals surface area contributed by atoms with E-state index in [1.54, 1.807) is 0 Å². The van der Waals surface area contributed by atoms with Gasteiger partial charge in [-0.25, -0.2) is 4.98 Å². The number of anilines is 2. The fourth-order valence-corrected chi connectivity index (χ4v) is 3.90. The van der Waals surface area contributed by atoms with Crippen LogP contribution in [-0.4, -0.2) is 36.4 Å². The van der Waals surface area contributed by atoms with Crippen LogP contribution >= 0.6 is 0 Å². The molecule has 186 valence electrons. The van der Waals surface area contributed by atoms with Crippen LogP contribution in [0.15, 0.2) is 36.5 Å². The van der Waals surface area contributed by atoms with E-state index < -0.39 is 0 Å². The third-order valence-corrected chi connectivity index (χ3v) is 5.52. The highest BCUT2D eigenvalue weighted by atomic mass is 16.6. The Hall–Kier alpha value is -3.88. The Labute approximate surface area is 205 Å². The summed E-state index contributed by atoms with van der Waals surface area (Å²) in [6.07, 6.45) is 1.46. The molecule has 3 heterocycles. The predicted molar refractivity (Wildman–Crippen MR) is 134 cm³/mol. The lowest BCUT2D eigenvalue weighted by Gasteiger charge is -2.24. The molecule has 2 aliphatic rings. The van der Waals surface area contributed by atoms with Crippen molar-refractivity contribution in [2.24, 2.45) is 0 Å². The van der Waals surface area contributed by atoms with Crippen molar-refractivity contribution in [1.29, 1.82) is 0 Å². The van der Waals surface area contributed by atoms with Gasteiger partial charge in [0.2, 0.25) is 5.95 Å². The minimum Gasteiger partial charge on any atom is -0.486 e. The maximum absolute atomic E-state index is 5.88. The number of aromatic nitrogens is 2. The highest BCUT2D eigenvalue weighted by molar-refractivity contribution is 5.58. The molecule has 9 nitrogen and oxygen atoms in total. The summed E-state index contributed by atoms with van der Waals surface area (Å²) < 4.78 is 28.3. The van der Waals surface area contributed by atoms with Crippen LogP contribution in [0.4, 0.5) is 11.8 Å². The van der Waals surface area contributed by atoms with Crippen molar-refractivity contribution in [2.75, 3.05) is 37.9 Å². The van der Waals surface area contributed by atoms with Gasteiger partial charge >= 0.3 is 0 Å². The van der Waals surface area contributed by atoms with Gasteiger partial charge in [-0.1, -0.05) is 39.8 Å². The summed E-state index contributed by atoms with van der Waals surface area (Å²) in [6, 6.07) is 9.73. The normalized spacial score (nSPS) is 13.8. The van der Waals surface area contributed by atoms with E-state index in [0.29, 0.717) is 49.6 Å². The number of hydrogen-bond donors (Lipinski definition) is 2.